The second kappa shape index (κ2) is 9.16. The molecule has 0 radical (unpaired) electrons. The van der Waals surface area contributed by atoms with Gasteiger partial charge in [-0.15, -0.1) is 10.2 Å². The minimum Gasteiger partial charge on any atom is -0.489 e. The number of amides is 1. The number of nitrogens with one attached hydrogen (secondary N) is 1. The van der Waals surface area contributed by atoms with Gasteiger partial charge in [-0.05, 0) is 51.1 Å². The van der Waals surface area contributed by atoms with Crippen LogP contribution in [0.1, 0.15) is 20.8 Å². The zero-order chi connectivity index (χ0) is 20.1. The molecule has 0 aliphatic carbocycles. The molecule has 148 valence electrons. The van der Waals surface area contributed by atoms with E-state index in [-0.39, 0.29) is 17.8 Å². The number of anilines is 1. The van der Waals surface area contributed by atoms with Crippen LogP contribution in [0.2, 0.25) is 5.02 Å². The Morgan fingerprint density at radius 3 is 2.82 bits per heavy atom. The van der Waals surface area contributed by atoms with E-state index in [0.29, 0.717) is 39.7 Å². The molecule has 0 spiro atoms. The van der Waals surface area contributed by atoms with Crippen LogP contribution in [0.15, 0.2) is 46.2 Å². The van der Waals surface area contributed by atoms with Gasteiger partial charge in [0.2, 0.25) is 5.91 Å². The molecular weight excluding hydrogens is 400 g/mol. The van der Waals surface area contributed by atoms with Crippen LogP contribution in [-0.4, -0.2) is 32.5 Å². The van der Waals surface area contributed by atoms with Crippen molar-refractivity contribution in [1.82, 2.24) is 14.8 Å². The number of rotatable bonds is 8. The van der Waals surface area contributed by atoms with Crippen molar-refractivity contribution in [2.45, 2.75) is 38.6 Å². The number of nitrogens with zero attached hydrogens (tertiary/aromatic N) is 3. The van der Waals surface area contributed by atoms with Gasteiger partial charge in [0.25, 0.3) is 0 Å². The van der Waals surface area contributed by atoms with Crippen molar-refractivity contribution in [3.63, 3.8) is 0 Å². The Morgan fingerprint density at radius 2 is 2.18 bits per heavy atom. The first kappa shape index (κ1) is 20.3. The van der Waals surface area contributed by atoms with E-state index >= 15 is 0 Å². The molecule has 28 heavy (non-hydrogen) atoms. The number of benzene rings is 1. The number of thioether (sulfide) groups is 1. The molecule has 1 aromatic carbocycles. The van der Waals surface area contributed by atoms with Gasteiger partial charge < -0.3 is 14.5 Å². The summed E-state index contributed by atoms with van der Waals surface area (Å²) in [6.45, 7) is 6.51. The number of aromatic nitrogens is 3. The average Bonchev–Trinajstić information content (AvgIpc) is 3.30. The Labute approximate surface area is 172 Å². The fraction of sp³-hybridized carbons (Fsp3) is 0.316. The molecule has 9 heteroatoms. The molecule has 1 amide bonds. The number of hydrogen-bond donors (Lipinski definition) is 1. The predicted octanol–water partition coefficient (Wildman–Crippen LogP) is 4.73. The van der Waals surface area contributed by atoms with Crippen molar-refractivity contribution in [3.8, 4) is 17.3 Å². The fourth-order valence-corrected chi connectivity index (χ4v) is 3.55. The van der Waals surface area contributed by atoms with E-state index in [1.807, 2.05) is 31.4 Å². The summed E-state index contributed by atoms with van der Waals surface area (Å²) in [5, 5.41) is 12.3. The van der Waals surface area contributed by atoms with Crippen LogP contribution in [0.5, 0.6) is 5.75 Å². The van der Waals surface area contributed by atoms with E-state index in [9.17, 15) is 4.79 Å². The normalized spacial score (nSPS) is 11.0. The van der Waals surface area contributed by atoms with Crippen LogP contribution in [0.3, 0.4) is 0 Å². The number of furan rings is 1. The Morgan fingerprint density at radius 1 is 1.36 bits per heavy atom. The van der Waals surface area contributed by atoms with Crippen LogP contribution >= 0.6 is 23.4 Å². The fourth-order valence-electron chi connectivity index (χ4n) is 2.52. The standard InChI is InChI=1S/C19H21ClN4O3S/c1-4-24-18(16-6-5-9-26-16)22-23-19(24)28-11-17(25)21-13-7-8-15(14(20)10-13)27-12(2)3/h5-10,12H,4,11H2,1-3H3,(H,21,25). The van der Waals surface area contributed by atoms with Crippen molar-refractivity contribution in [2.24, 2.45) is 0 Å². The third-order valence-electron chi connectivity index (χ3n) is 3.69. The SMILES string of the molecule is CCn1c(SCC(=O)Nc2ccc(OC(C)C)c(Cl)c2)nnc1-c1ccco1. The molecule has 7 nitrogen and oxygen atoms in total. The Kier molecular flexibility index (Phi) is 6.64. The first-order chi connectivity index (χ1) is 13.5. The van der Waals surface area contributed by atoms with Crippen molar-refractivity contribution in [2.75, 3.05) is 11.1 Å². The lowest BCUT2D eigenvalue weighted by molar-refractivity contribution is -0.113. The summed E-state index contributed by atoms with van der Waals surface area (Å²) < 4.78 is 12.9. The second-order valence-electron chi connectivity index (χ2n) is 6.18. The summed E-state index contributed by atoms with van der Waals surface area (Å²) in [6.07, 6.45) is 1.61. The number of ether oxygens (including phenoxy) is 1. The molecule has 0 atom stereocenters. The van der Waals surface area contributed by atoms with Gasteiger partial charge in [-0.3, -0.25) is 9.36 Å². The molecule has 0 unspecified atom stereocenters. The maximum absolute atomic E-state index is 12.3. The maximum atomic E-state index is 12.3. The van der Waals surface area contributed by atoms with Crippen LogP contribution in [0, 0.1) is 0 Å². The summed E-state index contributed by atoms with van der Waals surface area (Å²) in [5.41, 5.74) is 0.611. The predicted molar refractivity (Wildman–Crippen MR) is 110 cm³/mol. The van der Waals surface area contributed by atoms with Gasteiger partial charge >= 0.3 is 0 Å². The summed E-state index contributed by atoms with van der Waals surface area (Å²) >= 11 is 7.52. The minimum absolute atomic E-state index is 0.0244. The molecule has 3 aromatic rings. The highest BCUT2D eigenvalue weighted by atomic mass is 35.5. The van der Waals surface area contributed by atoms with Gasteiger partial charge in [0, 0.05) is 12.2 Å². The summed E-state index contributed by atoms with van der Waals surface area (Å²) in [6, 6.07) is 8.80. The van der Waals surface area contributed by atoms with E-state index in [1.54, 1.807) is 30.5 Å². The maximum Gasteiger partial charge on any atom is 0.234 e. The highest BCUT2D eigenvalue weighted by Crippen LogP contribution is 2.29. The van der Waals surface area contributed by atoms with Crippen molar-refractivity contribution >= 4 is 35.0 Å². The lowest BCUT2D eigenvalue weighted by Crippen LogP contribution is -2.15. The molecule has 2 heterocycles. The molecule has 0 aliphatic rings. The molecule has 2 aromatic heterocycles. The molecule has 0 fully saturated rings. The van der Waals surface area contributed by atoms with Crippen molar-refractivity contribution < 1.29 is 13.9 Å². The van der Waals surface area contributed by atoms with Gasteiger partial charge in [0.15, 0.2) is 16.7 Å². The van der Waals surface area contributed by atoms with Crippen molar-refractivity contribution in [3.05, 3.63) is 41.6 Å². The van der Waals surface area contributed by atoms with Gasteiger partial charge in [0.05, 0.1) is 23.1 Å². The first-order valence-corrected chi connectivity index (χ1v) is 10.2. The molecule has 0 bridgehead atoms. The molecule has 0 saturated carbocycles. The topological polar surface area (TPSA) is 82.2 Å². The van der Waals surface area contributed by atoms with E-state index < -0.39 is 0 Å². The van der Waals surface area contributed by atoms with E-state index in [4.69, 9.17) is 20.8 Å². The molecule has 0 saturated heterocycles. The number of halogens is 1. The molecule has 1 N–H and O–H groups in total. The lowest BCUT2D eigenvalue weighted by atomic mass is 10.3. The third-order valence-corrected chi connectivity index (χ3v) is 4.95. The summed E-state index contributed by atoms with van der Waals surface area (Å²) in [4.78, 5) is 12.3. The Hall–Kier alpha value is -2.45. The van der Waals surface area contributed by atoms with Crippen LogP contribution in [-0.2, 0) is 11.3 Å². The van der Waals surface area contributed by atoms with Crippen LogP contribution in [0.4, 0.5) is 5.69 Å². The zero-order valence-corrected chi connectivity index (χ0v) is 17.4. The van der Waals surface area contributed by atoms with Crippen LogP contribution < -0.4 is 10.1 Å². The highest BCUT2D eigenvalue weighted by molar-refractivity contribution is 7.99. The largest absolute Gasteiger partial charge is 0.489 e. The third kappa shape index (κ3) is 4.88. The number of carbonyl (C=O) groups excluding carboxylic acids is 1. The summed E-state index contributed by atoms with van der Waals surface area (Å²) in [7, 11) is 0. The molecular formula is C19H21ClN4O3S. The van der Waals surface area contributed by atoms with Crippen LogP contribution in [0.25, 0.3) is 11.6 Å². The Balaban J connectivity index is 1.61. The monoisotopic (exact) mass is 420 g/mol. The highest BCUT2D eigenvalue weighted by Gasteiger charge is 2.16. The van der Waals surface area contributed by atoms with Gasteiger partial charge in [-0.1, -0.05) is 23.4 Å². The number of carbonyl (C=O) groups is 1. The van der Waals surface area contributed by atoms with Gasteiger partial charge in [-0.2, -0.15) is 0 Å². The lowest BCUT2D eigenvalue weighted by Gasteiger charge is -2.12. The minimum atomic E-state index is -0.163. The van der Waals surface area contributed by atoms with E-state index in [2.05, 4.69) is 15.5 Å². The first-order valence-electron chi connectivity index (χ1n) is 8.83. The Bertz CT molecular complexity index is 941. The average molecular weight is 421 g/mol. The smallest absolute Gasteiger partial charge is 0.234 e. The molecule has 3 rings (SSSR count). The molecule has 0 aliphatic heterocycles. The summed E-state index contributed by atoms with van der Waals surface area (Å²) in [5.74, 6) is 1.90. The quantitative estimate of drug-likeness (QED) is 0.530. The van der Waals surface area contributed by atoms with E-state index in [0.717, 1.165) is 0 Å². The van der Waals surface area contributed by atoms with Crippen molar-refractivity contribution in [1.29, 1.82) is 0 Å². The number of hydrogen-bond acceptors (Lipinski definition) is 6. The van der Waals surface area contributed by atoms with Gasteiger partial charge in [0.1, 0.15) is 5.75 Å². The van der Waals surface area contributed by atoms with Gasteiger partial charge in [-0.25, -0.2) is 0 Å². The second-order valence-corrected chi connectivity index (χ2v) is 7.53. The zero-order valence-electron chi connectivity index (χ0n) is 15.8. The van der Waals surface area contributed by atoms with E-state index in [1.165, 1.54) is 11.8 Å².